The van der Waals surface area contributed by atoms with Gasteiger partial charge in [0.1, 0.15) is 5.92 Å². The molecule has 0 aliphatic carbocycles. The van der Waals surface area contributed by atoms with E-state index in [1.807, 2.05) is 26.8 Å². The van der Waals surface area contributed by atoms with Gasteiger partial charge in [-0.05, 0) is 43.5 Å². The van der Waals surface area contributed by atoms with Crippen LogP contribution >= 0.6 is 0 Å². The van der Waals surface area contributed by atoms with Crippen molar-refractivity contribution in [2.24, 2.45) is 5.92 Å². The minimum absolute atomic E-state index is 0.439. The Morgan fingerprint density at radius 1 is 1.10 bits per heavy atom. The van der Waals surface area contributed by atoms with Gasteiger partial charge >= 0.3 is 6.03 Å². The average Bonchev–Trinajstić information content (AvgIpc) is 2.33. The van der Waals surface area contributed by atoms with Crippen molar-refractivity contribution in [3.8, 4) is 0 Å². The number of nitrogens with zero attached hydrogens (tertiary/aromatic N) is 1. The molecule has 20 heavy (non-hydrogen) atoms. The highest BCUT2D eigenvalue weighted by Crippen LogP contribution is 2.25. The van der Waals surface area contributed by atoms with E-state index in [9.17, 15) is 14.4 Å². The van der Waals surface area contributed by atoms with Gasteiger partial charge in [0, 0.05) is 0 Å². The highest BCUT2D eigenvalue weighted by molar-refractivity contribution is 6.27. The van der Waals surface area contributed by atoms with Crippen molar-refractivity contribution < 1.29 is 14.4 Å². The number of barbiturate groups is 1. The molecular formula is C15H18N2O3. The normalized spacial score (nSPS) is 19.2. The average molecular weight is 274 g/mol. The van der Waals surface area contributed by atoms with Gasteiger partial charge in [0.25, 0.3) is 0 Å². The highest BCUT2D eigenvalue weighted by atomic mass is 16.2. The van der Waals surface area contributed by atoms with Gasteiger partial charge in [-0.15, -0.1) is 0 Å². The minimum atomic E-state index is -0.779. The third-order valence-electron chi connectivity index (χ3n) is 3.31. The van der Waals surface area contributed by atoms with E-state index in [1.54, 1.807) is 12.1 Å². The fourth-order valence-corrected chi connectivity index (χ4v) is 2.48. The second-order valence-electron chi connectivity index (χ2n) is 5.16. The van der Waals surface area contributed by atoms with Crippen molar-refractivity contribution in [2.45, 2.75) is 33.6 Å². The summed E-state index contributed by atoms with van der Waals surface area (Å²) in [4.78, 5) is 37.2. The number of hydrogen-bond donors (Lipinski definition) is 1. The first kappa shape index (κ1) is 14.2. The molecule has 1 saturated heterocycles. The van der Waals surface area contributed by atoms with Crippen LogP contribution in [0.1, 0.15) is 30.9 Å². The van der Waals surface area contributed by atoms with Gasteiger partial charge < -0.3 is 0 Å². The number of rotatable bonds is 3. The van der Waals surface area contributed by atoms with E-state index in [2.05, 4.69) is 5.32 Å². The molecule has 1 unspecified atom stereocenters. The molecule has 0 radical (unpaired) electrons. The zero-order valence-corrected chi connectivity index (χ0v) is 11.9. The van der Waals surface area contributed by atoms with Crippen LogP contribution in [0.15, 0.2) is 18.2 Å². The number of carbonyl (C=O) groups excluding carboxylic acids is 3. The molecule has 5 heteroatoms. The van der Waals surface area contributed by atoms with E-state index in [1.165, 1.54) is 0 Å². The van der Waals surface area contributed by atoms with Crippen LogP contribution in [0.3, 0.4) is 0 Å². The fraction of sp³-hybridized carbons (Fsp3) is 0.400. The van der Waals surface area contributed by atoms with E-state index < -0.39 is 23.8 Å². The molecule has 1 N–H and O–H groups in total. The smallest absolute Gasteiger partial charge is 0.277 e. The zero-order valence-electron chi connectivity index (χ0n) is 11.9. The Labute approximate surface area is 118 Å². The van der Waals surface area contributed by atoms with Gasteiger partial charge in [0.2, 0.25) is 11.8 Å². The number of hydrogen-bond acceptors (Lipinski definition) is 3. The molecule has 1 aromatic carbocycles. The zero-order chi connectivity index (χ0) is 14.9. The van der Waals surface area contributed by atoms with E-state index in [4.69, 9.17) is 0 Å². The molecule has 0 saturated carbocycles. The molecule has 1 fully saturated rings. The molecule has 106 valence electrons. The van der Waals surface area contributed by atoms with E-state index in [-0.39, 0.29) is 0 Å². The predicted octanol–water partition coefficient (Wildman–Crippen LogP) is 2.30. The summed E-state index contributed by atoms with van der Waals surface area (Å²) in [5.41, 5.74) is 2.44. The molecule has 4 amide bonds. The summed E-state index contributed by atoms with van der Waals surface area (Å²) in [6, 6.07) is 4.83. The maximum atomic E-state index is 12.4. The summed E-state index contributed by atoms with van der Waals surface area (Å²) in [5, 5.41) is 2.26. The predicted molar refractivity (Wildman–Crippen MR) is 75.3 cm³/mol. The van der Waals surface area contributed by atoms with Gasteiger partial charge in [0.05, 0.1) is 5.69 Å². The third-order valence-corrected chi connectivity index (χ3v) is 3.31. The Kier molecular flexibility index (Phi) is 3.88. The van der Waals surface area contributed by atoms with Crippen LogP contribution in [0.25, 0.3) is 0 Å². The SMILES string of the molecule is CCCC1C(=O)NC(=O)N(c2cc(C)cc(C)c2)C1=O. The lowest BCUT2D eigenvalue weighted by Gasteiger charge is -2.30. The van der Waals surface area contributed by atoms with Crippen LogP contribution in [-0.4, -0.2) is 17.8 Å². The van der Waals surface area contributed by atoms with Gasteiger partial charge in [-0.1, -0.05) is 19.4 Å². The quantitative estimate of drug-likeness (QED) is 0.860. The number of carbonyl (C=O) groups is 3. The van der Waals surface area contributed by atoms with Crippen LogP contribution < -0.4 is 10.2 Å². The van der Waals surface area contributed by atoms with E-state index in [0.717, 1.165) is 16.0 Å². The van der Waals surface area contributed by atoms with Gasteiger partial charge in [0.15, 0.2) is 0 Å². The number of nitrogens with one attached hydrogen (secondary N) is 1. The number of anilines is 1. The number of amides is 4. The Balaban J connectivity index is 2.40. The molecule has 5 nitrogen and oxygen atoms in total. The molecule has 0 bridgehead atoms. The third kappa shape index (κ3) is 2.57. The number of urea groups is 1. The molecule has 1 aromatic rings. The van der Waals surface area contributed by atoms with Crippen LogP contribution in [0.5, 0.6) is 0 Å². The van der Waals surface area contributed by atoms with Gasteiger partial charge in [-0.2, -0.15) is 0 Å². The van der Waals surface area contributed by atoms with E-state index in [0.29, 0.717) is 18.5 Å². The summed E-state index contributed by atoms with van der Waals surface area (Å²) >= 11 is 0. The molecule has 1 heterocycles. The maximum absolute atomic E-state index is 12.4. The number of aryl methyl sites for hydroxylation is 2. The summed E-state index contributed by atoms with van der Waals surface area (Å²) in [7, 11) is 0. The van der Waals surface area contributed by atoms with Gasteiger partial charge in [-0.3, -0.25) is 14.9 Å². The van der Waals surface area contributed by atoms with Crippen molar-refractivity contribution in [3.63, 3.8) is 0 Å². The van der Waals surface area contributed by atoms with Crippen molar-refractivity contribution >= 4 is 23.5 Å². The Morgan fingerprint density at radius 2 is 1.70 bits per heavy atom. The molecule has 1 aliphatic heterocycles. The first-order valence-electron chi connectivity index (χ1n) is 6.71. The van der Waals surface area contributed by atoms with Crippen LogP contribution in [0, 0.1) is 19.8 Å². The minimum Gasteiger partial charge on any atom is -0.277 e. The van der Waals surface area contributed by atoms with Gasteiger partial charge in [-0.25, -0.2) is 9.69 Å². The van der Waals surface area contributed by atoms with Crippen LogP contribution in [0.4, 0.5) is 10.5 Å². The number of benzene rings is 1. The first-order valence-corrected chi connectivity index (χ1v) is 6.71. The molecular weight excluding hydrogens is 256 g/mol. The Hall–Kier alpha value is -2.17. The van der Waals surface area contributed by atoms with E-state index >= 15 is 0 Å². The first-order chi connectivity index (χ1) is 9.43. The summed E-state index contributed by atoms with van der Waals surface area (Å²) in [6.45, 7) is 5.70. The second-order valence-corrected chi connectivity index (χ2v) is 5.16. The standard InChI is InChI=1S/C15H18N2O3/c1-4-5-12-13(18)16-15(20)17(14(12)19)11-7-9(2)6-10(3)8-11/h6-8,12H,4-5H2,1-3H3,(H,16,18,20). The number of imide groups is 2. The molecule has 1 aliphatic rings. The Bertz CT molecular complexity index is 560. The summed E-state index contributed by atoms with van der Waals surface area (Å²) < 4.78 is 0. The molecule has 0 spiro atoms. The monoisotopic (exact) mass is 274 g/mol. The molecule has 2 rings (SSSR count). The largest absolute Gasteiger partial charge is 0.335 e. The highest BCUT2D eigenvalue weighted by Gasteiger charge is 2.40. The van der Waals surface area contributed by atoms with Crippen LogP contribution in [-0.2, 0) is 9.59 Å². The fourth-order valence-electron chi connectivity index (χ4n) is 2.48. The van der Waals surface area contributed by atoms with Crippen molar-refractivity contribution in [2.75, 3.05) is 4.90 Å². The van der Waals surface area contributed by atoms with Crippen molar-refractivity contribution in [1.29, 1.82) is 0 Å². The maximum Gasteiger partial charge on any atom is 0.335 e. The molecule has 0 aromatic heterocycles. The lowest BCUT2D eigenvalue weighted by Crippen LogP contribution is -2.58. The topological polar surface area (TPSA) is 66.5 Å². The Morgan fingerprint density at radius 3 is 2.25 bits per heavy atom. The summed E-state index contributed by atoms with van der Waals surface area (Å²) in [6.07, 6.45) is 1.15. The van der Waals surface area contributed by atoms with Crippen LogP contribution in [0.2, 0.25) is 0 Å². The molecule has 1 atom stereocenters. The lowest BCUT2D eigenvalue weighted by atomic mass is 9.98. The lowest BCUT2D eigenvalue weighted by molar-refractivity contribution is -0.134. The van der Waals surface area contributed by atoms with Crippen molar-refractivity contribution in [1.82, 2.24) is 5.32 Å². The summed E-state index contributed by atoms with van der Waals surface area (Å²) in [5.74, 6) is -1.72. The van der Waals surface area contributed by atoms with Crippen molar-refractivity contribution in [3.05, 3.63) is 29.3 Å². The second kappa shape index (κ2) is 5.45.